The van der Waals surface area contributed by atoms with Crippen molar-refractivity contribution in [3.8, 4) is 0 Å². The van der Waals surface area contributed by atoms with Gasteiger partial charge in [-0.2, -0.15) is 0 Å². The highest BCUT2D eigenvalue weighted by atomic mass is 15.3. The molecule has 5 aliphatic rings. The van der Waals surface area contributed by atoms with Crippen molar-refractivity contribution in [2.45, 2.75) is 56.7 Å². The highest BCUT2D eigenvalue weighted by Crippen LogP contribution is 2.31. The smallest absolute Gasteiger partial charge is 0.0249 e. The minimum absolute atomic E-state index is 0.802. The zero-order valence-corrected chi connectivity index (χ0v) is 11.5. The average Bonchev–Trinajstić information content (AvgIpc) is 2.84. The van der Waals surface area contributed by atoms with Crippen molar-refractivity contribution in [2.24, 2.45) is 5.92 Å². The molecule has 5 fully saturated rings. The maximum Gasteiger partial charge on any atom is 0.0249 e. The summed E-state index contributed by atoms with van der Waals surface area (Å²) in [5, 5.41) is 4.07. The molecule has 3 unspecified atom stereocenters. The molecule has 18 heavy (non-hydrogen) atoms. The summed E-state index contributed by atoms with van der Waals surface area (Å²) in [5.74, 6) is 0.979. The lowest BCUT2D eigenvalue weighted by Crippen LogP contribution is -2.59. The number of piperidine rings is 4. The molecule has 3 heteroatoms. The number of hydrogen-bond donors (Lipinski definition) is 1. The summed E-state index contributed by atoms with van der Waals surface area (Å²) >= 11 is 0. The van der Waals surface area contributed by atoms with Crippen LogP contribution in [0.1, 0.15) is 38.5 Å². The molecule has 1 N–H and O–H groups in total. The molecular formula is C15H27N3. The van der Waals surface area contributed by atoms with Crippen LogP contribution in [0.4, 0.5) is 0 Å². The number of nitrogens with zero attached hydrogens (tertiary/aromatic N) is 2. The number of fused-ring (bicyclic) bond motifs is 4. The van der Waals surface area contributed by atoms with Crippen LogP contribution in [0, 0.1) is 5.92 Å². The average molecular weight is 249 g/mol. The van der Waals surface area contributed by atoms with Gasteiger partial charge >= 0.3 is 0 Å². The molecule has 5 saturated heterocycles. The van der Waals surface area contributed by atoms with Crippen molar-refractivity contribution in [1.29, 1.82) is 0 Å². The third-order valence-electron chi connectivity index (χ3n) is 5.94. The molecule has 5 aliphatic heterocycles. The highest BCUT2D eigenvalue weighted by molar-refractivity contribution is 4.99. The van der Waals surface area contributed by atoms with Gasteiger partial charge in [0.25, 0.3) is 0 Å². The molecule has 0 aromatic rings. The van der Waals surface area contributed by atoms with Gasteiger partial charge in [0.05, 0.1) is 0 Å². The van der Waals surface area contributed by atoms with Gasteiger partial charge in [-0.15, -0.1) is 0 Å². The Morgan fingerprint density at radius 3 is 2.44 bits per heavy atom. The molecule has 0 aromatic carbocycles. The zero-order valence-electron chi connectivity index (χ0n) is 11.5. The quantitative estimate of drug-likeness (QED) is 0.796. The summed E-state index contributed by atoms with van der Waals surface area (Å²) in [4.78, 5) is 5.42. The standard InChI is InChI=1S/C15H27N3/c1-2-7-18-10-6-13(15(18)3-1)16-14-11-17-8-4-12(14)5-9-17/h12-16H,1-11H2. The lowest BCUT2D eigenvalue weighted by atomic mass is 9.83. The fourth-order valence-corrected chi connectivity index (χ4v) is 4.87. The lowest BCUT2D eigenvalue weighted by Gasteiger charge is -2.46. The van der Waals surface area contributed by atoms with Gasteiger partial charge in [0.15, 0.2) is 0 Å². The molecule has 0 radical (unpaired) electrons. The first-order chi connectivity index (χ1) is 8.90. The Morgan fingerprint density at radius 1 is 0.778 bits per heavy atom. The summed E-state index contributed by atoms with van der Waals surface area (Å²) in [7, 11) is 0. The normalized spacial score (nSPS) is 48.3. The molecule has 102 valence electrons. The van der Waals surface area contributed by atoms with Crippen LogP contribution < -0.4 is 5.32 Å². The van der Waals surface area contributed by atoms with E-state index < -0.39 is 0 Å². The van der Waals surface area contributed by atoms with Crippen molar-refractivity contribution in [3.05, 3.63) is 0 Å². The summed E-state index contributed by atoms with van der Waals surface area (Å²) in [6.45, 7) is 6.77. The Balaban J connectivity index is 1.39. The van der Waals surface area contributed by atoms with Crippen LogP contribution in [0.3, 0.4) is 0 Å². The van der Waals surface area contributed by atoms with E-state index in [1.807, 2.05) is 0 Å². The Kier molecular flexibility index (Phi) is 3.10. The Bertz CT molecular complexity index is 298. The van der Waals surface area contributed by atoms with E-state index in [0.717, 1.165) is 24.0 Å². The maximum atomic E-state index is 4.07. The number of rotatable bonds is 2. The van der Waals surface area contributed by atoms with Crippen LogP contribution in [0.2, 0.25) is 0 Å². The van der Waals surface area contributed by atoms with Crippen LogP contribution in [0.15, 0.2) is 0 Å². The van der Waals surface area contributed by atoms with Crippen LogP contribution in [0.5, 0.6) is 0 Å². The topological polar surface area (TPSA) is 18.5 Å². The molecule has 3 atom stereocenters. The van der Waals surface area contributed by atoms with Crippen LogP contribution in [-0.2, 0) is 0 Å². The molecule has 3 nitrogen and oxygen atoms in total. The maximum absolute atomic E-state index is 4.07. The number of nitrogens with one attached hydrogen (secondary N) is 1. The van der Waals surface area contributed by atoms with Crippen molar-refractivity contribution >= 4 is 0 Å². The van der Waals surface area contributed by atoms with E-state index in [9.17, 15) is 0 Å². The van der Waals surface area contributed by atoms with Crippen molar-refractivity contribution in [2.75, 3.05) is 32.7 Å². The minimum atomic E-state index is 0.802. The third-order valence-corrected chi connectivity index (χ3v) is 5.94. The van der Waals surface area contributed by atoms with E-state index in [1.54, 1.807) is 0 Å². The Labute approximate surface area is 111 Å². The third kappa shape index (κ3) is 2.00. The van der Waals surface area contributed by atoms with E-state index in [2.05, 4.69) is 15.1 Å². The monoisotopic (exact) mass is 249 g/mol. The van der Waals surface area contributed by atoms with E-state index >= 15 is 0 Å². The van der Waals surface area contributed by atoms with Gasteiger partial charge in [-0.25, -0.2) is 0 Å². The molecule has 0 aromatic heterocycles. The Hall–Kier alpha value is -0.120. The highest BCUT2D eigenvalue weighted by Gasteiger charge is 2.40. The second kappa shape index (κ2) is 4.77. The van der Waals surface area contributed by atoms with Gasteiger partial charge in [-0.3, -0.25) is 4.90 Å². The zero-order chi connectivity index (χ0) is 11.9. The predicted octanol–water partition coefficient (Wildman–Crippen LogP) is 1.30. The second-order valence-corrected chi connectivity index (χ2v) is 6.91. The van der Waals surface area contributed by atoms with Crippen LogP contribution in [-0.4, -0.2) is 60.6 Å². The summed E-state index contributed by atoms with van der Waals surface area (Å²) in [6.07, 6.45) is 8.62. The second-order valence-electron chi connectivity index (χ2n) is 6.91. The summed E-state index contributed by atoms with van der Waals surface area (Å²) in [6, 6.07) is 2.48. The van der Waals surface area contributed by atoms with E-state index in [-0.39, 0.29) is 0 Å². The van der Waals surface area contributed by atoms with E-state index in [1.165, 1.54) is 71.2 Å². The fourth-order valence-electron chi connectivity index (χ4n) is 4.87. The van der Waals surface area contributed by atoms with Gasteiger partial charge < -0.3 is 10.2 Å². The van der Waals surface area contributed by atoms with Crippen molar-refractivity contribution < 1.29 is 0 Å². The fraction of sp³-hybridized carbons (Fsp3) is 1.00. The molecular weight excluding hydrogens is 222 g/mol. The molecule has 0 spiro atoms. The molecule has 5 heterocycles. The molecule has 2 bridgehead atoms. The Morgan fingerprint density at radius 2 is 1.67 bits per heavy atom. The van der Waals surface area contributed by atoms with E-state index in [0.29, 0.717) is 0 Å². The molecule has 0 aliphatic carbocycles. The van der Waals surface area contributed by atoms with Gasteiger partial charge in [0, 0.05) is 31.2 Å². The first-order valence-corrected chi connectivity index (χ1v) is 8.12. The SMILES string of the molecule is C1CCN2CCC(NC3CN4CCC3CC4)C2C1. The largest absolute Gasteiger partial charge is 0.308 e. The summed E-state index contributed by atoms with van der Waals surface area (Å²) in [5.41, 5.74) is 0. The summed E-state index contributed by atoms with van der Waals surface area (Å²) < 4.78 is 0. The lowest BCUT2D eigenvalue weighted by molar-refractivity contribution is 0.0616. The molecule has 0 saturated carbocycles. The van der Waals surface area contributed by atoms with Crippen LogP contribution in [0.25, 0.3) is 0 Å². The van der Waals surface area contributed by atoms with Crippen molar-refractivity contribution in [3.63, 3.8) is 0 Å². The molecule has 5 rings (SSSR count). The van der Waals surface area contributed by atoms with Crippen LogP contribution >= 0.6 is 0 Å². The van der Waals surface area contributed by atoms with Gasteiger partial charge in [0.2, 0.25) is 0 Å². The van der Waals surface area contributed by atoms with Gasteiger partial charge in [0.1, 0.15) is 0 Å². The van der Waals surface area contributed by atoms with E-state index in [4.69, 9.17) is 0 Å². The first kappa shape index (κ1) is 11.7. The molecule has 0 amide bonds. The predicted molar refractivity (Wildman–Crippen MR) is 73.7 cm³/mol. The minimum Gasteiger partial charge on any atom is -0.308 e. The first-order valence-electron chi connectivity index (χ1n) is 8.12. The van der Waals surface area contributed by atoms with Gasteiger partial charge in [-0.05, 0) is 57.7 Å². The number of hydrogen-bond acceptors (Lipinski definition) is 3. The van der Waals surface area contributed by atoms with Crippen molar-refractivity contribution in [1.82, 2.24) is 15.1 Å². The van der Waals surface area contributed by atoms with Gasteiger partial charge in [-0.1, -0.05) is 6.42 Å².